The Balaban J connectivity index is 1.25. The molecule has 2 N–H and O–H groups in total. The lowest BCUT2D eigenvalue weighted by molar-refractivity contribution is -0.124. The number of amides is 3. The van der Waals surface area contributed by atoms with E-state index in [4.69, 9.17) is 18.9 Å². The number of hydrogen-bond acceptors (Lipinski definition) is 9. The Hall–Kier alpha value is -5.01. The van der Waals surface area contributed by atoms with E-state index in [2.05, 4.69) is 15.4 Å². The lowest BCUT2D eigenvalue weighted by Crippen LogP contribution is -2.39. The van der Waals surface area contributed by atoms with E-state index >= 15 is 0 Å². The van der Waals surface area contributed by atoms with Crippen LogP contribution in [-0.4, -0.2) is 95.5 Å². The first-order valence-electron chi connectivity index (χ1n) is 14.0. The van der Waals surface area contributed by atoms with E-state index in [1.54, 1.807) is 29.2 Å². The number of H-pyrrole nitrogens is 1. The predicted octanol–water partition coefficient (Wildman–Crippen LogP) is 0.743. The van der Waals surface area contributed by atoms with E-state index in [9.17, 15) is 19.2 Å². The van der Waals surface area contributed by atoms with Crippen molar-refractivity contribution in [2.75, 3.05) is 53.2 Å². The number of aromatic nitrogens is 3. The second kappa shape index (κ2) is 11.7. The Morgan fingerprint density at radius 2 is 1.74 bits per heavy atom. The zero-order valence-corrected chi connectivity index (χ0v) is 23.8. The number of methoxy groups -OCH3 is 1. The maximum atomic E-state index is 13.6. The molecule has 3 amide bonds. The van der Waals surface area contributed by atoms with Gasteiger partial charge in [0.2, 0.25) is 18.5 Å². The van der Waals surface area contributed by atoms with Gasteiger partial charge < -0.3 is 34.1 Å². The van der Waals surface area contributed by atoms with Gasteiger partial charge in [-0.15, -0.1) is 5.10 Å². The standard InChI is InChI=1S/C29H32N6O8/c1-33-29(39)31-25(32-33)28(38)34-9-3-8-30-26(36)20-15-35(27(37)18-5-7-22-24(13-18)43-16-42-22)14-19(20)17-4-6-21(40-2)23(12-17)41-11-10-34/h4-7,12-13,19-20H,3,8-11,14-16H2,1-2H3,(H,30,36)(H,31,32,39)/t19-,20+/m1/s1. The van der Waals surface area contributed by atoms with E-state index in [-0.39, 0.29) is 50.0 Å². The number of nitrogens with one attached hydrogen (secondary N) is 2. The lowest BCUT2D eigenvalue weighted by Gasteiger charge is -2.24. The molecule has 0 spiro atoms. The van der Waals surface area contributed by atoms with Crippen LogP contribution in [0.5, 0.6) is 23.0 Å². The van der Waals surface area contributed by atoms with E-state index in [1.165, 1.54) is 19.1 Å². The van der Waals surface area contributed by atoms with Crippen LogP contribution in [0.15, 0.2) is 41.2 Å². The Kier molecular flexibility index (Phi) is 7.65. The molecule has 3 aliphatic rings. The summed E-state index contributed by atoms with van der Waals surface area (Å²) in [5.74, 6) is 0.339. The van der Waals surface area contributed by atoms with Crippen molar-refractivity contribution in [1.82, 2.24) is 29.9 Å². The summed E-state index contributed by atoms with van der Waals surface area (Å²) in [7, 11) is 2.99. The highest BCUT2D eigenvalue weighted by molar-refractivity contribution is 5.96. The van der Waals surface area contributed by atoms with Gasteiger partial charge in [-0.05, 0) is 42.3 Å². The van der Waals surface area contributed by atoms with Crippen LogP contribution in [0.25, 0.3) is 0 Å². The largest absolute Gasteiger partial charge is 0.493 e. The van der Waals surface area contributed by atoms with Gasteiger partial charge in [-0.1, -0.05) is 6.07 Å². The molecule has 2 aromatic carbocycles. The van der Waals surface area contributed by atoms with Gasteiger partial charge in [0.05, 0.1) is 19.6 Å². The molecule has 4 heterocycles. The van der Waals surface area contributed by atoms with Crippen molar-refractivity contribution in [3.63, 3.8) is 0 Å². The van der Waals surface area contributed by atoms with Gasteiger partial charge in [-0.2, -0.15) is 0 Å². The maximum absolute atomic E-state index is 13.6. The molecule has 2 atom stereocenters. The van der Waals surface area contributed by atoms with Crippen LogP contribution in [0, 0.1) is 5.92 Å². The van der Waals surface area contributed by atoms with Crippen LogP contribution in [-0.2, 0) is 11.8 Å². The number of fused-ring (bicyclic) bond motifs is 5. The van der Waals surface area contributed by atoms with Crippen LogP contribution in [0.3, 0.4) is 0 Å². The van der Waals surface area contributed by atoms with Gasteiger partial charge in [0.25, 0.3) is 11.8 Å². The monoisotopic (exact) mass is 592 g/mol. The quantitative estimate of drug-likeness (QED) is 0.448. The van der Waals surface area contributed by atoms with E-state index in [1.807, 2.05) is 12.1 Å². The van der Waals surface area contributed by atoms with E-state index in [0.29, 0.717) is 54.6 Å². The average molecular weight is 593 g/mol. The summed E-state index contributed by atoms with van der Waals surface area (Å²) in [6, 6.07) is 10.5. The molecule has 2 bridgehead atoms. The fourth-order valence-electron chi connectivity index (χ4n) is 5.66. The van der Waals surface area contributed by atoms with Gasteiger partial charge in [0, 0.05) is 44.7 Å². The van der Waals surface area contributed by atoms with Crippen molar-refractivity contribution in [2.24, 2.45) is 13.0 Å². The van der Waals surface area contributed by atoms with Gasteiger partial charge in [0.1, 0.15) is 6.61 Å². The first-order chi connectivity index (χ1) is 20.8. The molecule has 1 fully saturated rings. The molecule has 0 radical (unpaired) electrons. The highest BCUT2D eigenvalue weighted by Gasteiger charge is 2.41. The molecule has 3 aromatic rings. The van der Waals surface area contributed by atoms with Gasteiger partial charge in [-0.3, -0.25) is 19.4 Å². The molecule has 14 heteroatoms. The Morgan fingerprint density at radius 3 is 2.53 bits per heavy atom. The first-order valence-corrected chi connectivity index (χ1v) is 14.0. The van der Waals surface area contributed by atoms with Gasteiger partial charge in [-0.25, -0.2) is 9.48 Å². The molecule has 1 saturated heterocycles. The summed E-state index contributed by atoms with van der Waals surface area (Å²) in [5.41, 5.74) is 0.786. The summed E-state index contributed by atoms with van der Waals surface area (Å²) in [4.78, 5) is 57.8. The molecule has 6 rings (SSSR count). The van der Waals surface area contributed by atoms with E-state index < -0.39 is 17.5 Å². The Morgan fingerprint density at radius 1 is 0.930 bits per heavy atom. The smallest absolute Gasteiger partial charge is 0.343 e. The minimum Gasteiger partial charge on any atom is -0.493 e. The van der Waals surface area contributed by atoms with E-state index in [0.717, 1.165) is 10.2 Å². The number of rotatable bonds is 3. The number of ether oxygens (including phenoxy) is 4. The highest BCUT2D eigenvalue weighted by Crippen LogP contribution is 2.39. The van der Waals surface area contributed by atoms with Crippen LogP contribution < -0.4 is 30.0 Å². The third-order valence-corrected chi connectivity index (χ3v) is 7.96. The van der Waals surface area contributed by atoms with Crippen molar-refractivity contribution in [2.45, 2.75) is 12.3 Å². The second-order valence-electron chi connectivity index (χ2n) is 10.6. The van der Waals surface area contributed by atoms with Crippen LogP contribution in [0.4, 0.5) is 0 Å². The lowest BCUT2D eigenvalue weighted by atomic mass is 9.88. The van der Waals surface area contributed by atoms with Crippen molar-refractivity contribution < 1.29 is 33.3 Å². The molecule has 0 aliphatic carbocycles. The minimum absolute atomic E-state index is 0.0711. The first kappa shape index (κ1) is 28.1. The molecule has 226 valence electrons. The zero-order valence-electron chi connectivity index (χ0n) is 23.8. The highest BCUT2D eigenvalue weighted by atomic mass is 16.7. The molecular weight excluding hydrogens is 560 g/mol. The van der Waals surface area contributed by atoms with Crippen LogP contribution >= 0.6 is 0 Å². The van der Waals surface area contributed by atoms with Gasteiger partial charge >= 0.3 is 5.69 Å². The normalized spacial score (nSPS) is 20.1. The van der Waals surface area contributed by atoms with Crippen molar-refractivity contribution in [3.8, 4) is 23.0 Å². The molecular formula is C29H32N6O8. The van der Waals surface area contributed by atoms with Crippen molar-refractivity contribution >= 4 is 17.7 Å². The summed E-state index contributed by atoms with van der Waals surface area (Å²) in [6.07, 6.45) is 0.459. The molecule has 43 heavy (non-hydrogen) atoms. The fourth-order valence-corrected chi connectivity index (χ4v) is 5.66. The molecule has 3 aliphatic heterocycles. The summed E-state index contributed by atoms with van der Waals surface area (Å²) in [5, 5.41) is 6.98. The minimum atomic E-state index is -0.515. The fraction of sp³-hybridized carbons (Fsp3) is 0.414. The zero-order chi connectivity index (χ0) is 30.1. The topological polar surface area (TPSA) is 157 Å². The number of aryl methyl sites for hydroxylation is 1. The predicted molar refractivity (Wildman–Crippen MR) is 151 cm³/mol. The molecule has 0 unspecified atom stereocenters. The third-order valence-electron chi connectivity index (χ3n) is 7.96. The number of aromatic amines is 1. The molecule has 14 nitrogen and oxygen atoms in total. The number of hydrogen-bond donors (Lipinski definition) is 2. The number of benzene rings is 2. The second-order valence-corrected chi connectivity index (χ2v) is 10.6. The number of carbonyl (C=O) groups excluding carboxylic acids is 3. The summed E-state index contributed by atoms with van der Waals surface area (Å²) < 4.78 is 23.5. The Bertz CT molecular complexity index is 1620. The maximum Gasteiger partial charge on any atom is 0.343 e. The SMILES string of the molecule is COc1ccc2cc1OCCN(C(=O)c1nn(C)c(=O)[nH]1)CCCNC(=O)[C@H]1CN(C(=O)c3ccc4c(c3)OCO4)C[C@H]21. The van der Waals surface area contributed by atoms with Gasteiger partial charge in [0.15, 0.2) is 23.0 Å². The summed E-state index contributed by atoms with van der Waals surface area (Å²) in [6.45, 7) is 1.64. The summed E-state index contributed by atoms with van der Waals surface area (Å²) >= 11 is 0. The third kappa shape index (κ3) is 5.59. The number of likely N-dealkylation sites (tertiary alicyclic amines) is 1. The average Bonchev–Trinajstić information content (AvgIpc) is 3.75. The number of carbonyl (C=O) groups is 3. The molecule has 0 saturated carbocycles. The van der Waals surface area contributed by atoms with Crippen molar-refractivity contribution in [3.05, 3.63) is 63.8 Å². The van der Waals surface area contributed by atoms with Crippen LogP contribution in [0.1, 0.15) is 38.9 Å². The van der Waals surface area contributed by atoms with Crippen LogP contribution in [0.2, 0.25) is 0 Å². The van der Waals surface area contributed by atoms with Crippen molar-refractivity contribution in [1.29, 1.82) is 0 Å². The number of nitrogens with zero attached hydrogens (tertiary/aromatic N) is 4. The molecule has 1 aromatic heterocycles. The Labute approximate surface area is 246 Å².